The van der Waals surface area contributed by atoms with Crippen molar-refractivity contribution in [1.82, 2.24) is 14.5 Å². The van der Waals surface area contributed by atoms with Gasteiger partial charge in [0.1, 0.15) is 11.8 Å². The van der Waals surface area contributed by atoms with Crippen LogP contribution in [0.4, 0.5) is 11.6 Å². The van der Waals surface area contributed by atoms with Crippen LogP contribution in [-0.4, -0.2) is 33.5 Å². The number of carbonyl (C=O) groups excluding carboxylic acids is 2. The number of carbonyl (C=O) groups is 2. The molecule has 8 nitrogen and oxygen atoms in total. The van der Waals surface area contributed by atoms with Gasteiger partial charge in [0.25, 0.3) is 5.91 Å². The number of methoxy groups -OCH3 is 1. The van der Waals surface area contributed by atoms with E-state index in [0.717, 1.165) is 22.3 Å². The fourth-order valence-corrected chi connectivity index (χ4v) is 4.20. The van der Waals surface area contributed by atoms with Crippen LogP contribution in [0.25, 0.3) is 11.0 Å². The van der Waals surface area contributed by atoms with Crippen LogP contribution < -0.4 is 15.0 Å². The molecule has 2 amide bonds. The van der Waals surface area contributed by atoms with Crippen LogP contribution in [-0.2, 0) is 16.1 Å². The van der Waals surface area contributed by atoms with Crippen LogP contribution in [0.15, 0.2) is 66.9 Å². The summed E-state index contributed by atoms with van der Waals surface area (Å²) in [5.41, 5.74) is 3.91. The molecule has 2 aromatic carbocycles. The number of rotatable bonds is 6. The first-order chi connectivity index (χ1) is 16.0. The smallest absolute Gasteiger partial charge is 0.253 e. The third-order valence-electron chi connectivity index (χ3n) is 5.74. The lowest BCUT2D eigenvalue weighted by molar-refractivity contribution is -0.124. The normalized spacial score (nSPS) is 15.0. The summed E-state index contributed by atoms with van der Waals surface area (Å²) in [5.74, 6) is 0.635. The van der Waals surface area contributed by atoms with E-state index in [-0.39, 0.29) is 24.8 Å². The Hall–Kier alpha value is -4.20. The summed E-state index contributed by atoms with van der Waals surface area (Å²) in [7, 11) is 1.56. The molecular formula is C25H23N5O3. The number of ether oxygens (including phenoxy) is 1. The van der Waals surface area contributed by atoms with Gasteiger partial charge in [-0.05, 0) is 48.9 Å². The zero-order valence-corrected chi connectivity index (χ0v) is 18.4. The standard InChI is InChI=1S/C25H23N5O3/c1-16-10-11-22(33-2)19(13-16)27-23(31)14-21-24(32)29(15-17-7-5-6-12-26-17)25-28-18-8-3-4-9-20(18)30(21)25/h3-13,21H,14-15H2,1-2H3,(H,27,31). The lowest BCUT2D eigenvalue weighted by Gasteiger charge is -2.16. The fourth-order valence-electron chi connectivity index (χ4n) is 4.20. The van der Waals surface area contributed by atoms with Crippen molar-refractivity contribution in [3.05, 3.63) is 78.1 Å². The Balaban J connectivity index is 1.47. The molecular weight excluding hydrogens is 418 g/mol. The van der Waals surface area contributed by atoms with Crippen molar-refractivity contribution in [1.29, 1.82) is 0 Å². The van der Waals surface area contributed by atoms with E-state index >= 15 is 0 Å². The van der Waals surface area contributed by atoms with Gasteiger partial charge in [0.05, 0.1) is 42.5 Å². The number of pyridine rings is 1. The topological polar surface area (TPSA) is 89.3 Å². The maximum atomic E-state index is 13.5. The fraction of sp³-hybridized carbons (Fsp3) is 0.200. The first kappa shape index (κ1) is 20.7. The maximum Gasteiger partial charge on any atom is 0.253 e. The van der Waals surface area contributed by atoms with E-state index in [9.17, 15) is 9.59 Å². The largest absolute Gasteiger partial charge is 0.495 e. The average Bonchev–Trinajstić information content (AvgIpc) is 3.31. The number of benzene rings is 2. The third-order valence-corrected chi connectivity index (χ3v) is 5.74. The van der Waals surface area contributed by atoms with Gasteiger partial charge in [-0.3, -0.25) is 24.0 Å². The number of aromatic nitrogens is 3. The quantitative estimate of drug-likeness (QED) is 0.491. The third kappa shape index (κ3) is 3.80. The zero-order chi connectivity index (χ0) is 22.9. The van der Waals surface area contributed by atoms with Crippen molar-refractivity contribution in [2.75, 3.05) is 17.3 Å². The molecule has 0 spiro atoms. The Morgan fingerprint density at radius 1 is 1.12 bits per heavy atom. The van der Waals surface area contributed by atoms with Crippen LogP contribution >= 0.6 is 0 Å². The molecule has 0 aliphatic carbocycles. The number of amides is 2. The summed E-state index contributed by atoms with van der Waals surface area (Å²) in [6.45, 7) is 2.22. The molecule has 166 valence electrons. The van der Waals surface area contributed by atoms with E-state index in [1.54, 1.807) is 18.2 Å². The first-order valence-corrected chi connectivity index (χ1v) is 10.7. The number of aryl methyl sites for hydroxylation is 1. The van der Waals surface area contributed by atoms with Gasteiger partial charge in [0, 0.05) is 6.20 Å². The molecule has 8 heteroatoms. The summed E-state index contributed by atoms with van der Waals surface area (Å²) in [6, 6.07) is 18.1. The number of imidazole rings is 1. The second kappa shape index (κ2) is 8.38. The SMILES string of the molecule is COc1ccc(C)cc1NC(=O)CC1C(=O)N(Cc2ccccn2)c2nc3ccccc3n21. The molecule has 1 aliphatic rings. The molecule has 1 unspecified atom stereocenters. The number of nitrogens with one attached hydrogen (secondary N) is 1. The Morgan fingerprint density at radius 3 is 2.73 bits per heavy atom. The van der Waals surface area contributed by atoms with E-state index in [4.69, 9.17) is 9.72 Å². The van der Waals surface area contributed by atoms with Gasteiger partial charge in [-0.2, -0.15) is 0 Å². The summed E-state index contributed by atoms with van der Waals surface area (Å²) < 4.78 is 7.22. The lowest BCUT2D eigenvalue weighted by atomic mass is 10.1. The number of hydrogen-bond acceptors (Lipinski definition) is 5. The number of anilines is 2. The molecule has 3 heterocycles. The van der Waals surface area contributed by atoms with Crippen LogP contribution in [0, 0.1) is 6.92 Å². The average molecular weight is 441 g/mol. The van der Waals surface area contributed by atoms with Gasteiger partial charge >= 0.3 is 0 Å². The monoisotopic (exact) mass is 441 g/mol. The molecule has 0 saturated carbocycles. The van der Waals surface area contributed by atoms with Crippen molar-refractivity contribution in [2.24, 2.45) is 0 Å². The van der Waals surface area contributed by atoms with Crippen molar-refractivity contribution in [3.63, 3.8) is 0 Å². The second-order valence-electron chi connectivity index (χ2n) is 7.99. The van der Waals surface area contributed by atoms with Gasteiger partial charge in [-0.15, -0.1) is 0 Å². The summed E-state index contributed by atoms with van der Waals surface area (Å²) in [5, 5.41) is 2.90. The van der Waals surface area contributed by atoms with Crippen LogP contribution in [0.2, 0.25) is 0 Å². The summed E-state index contributed by atoms with van der Waals surface area (Å²) in [6.07, 6.45) is 1.67. The van der Waals surface area contributed by atoms with Crippen molar-refractivity contribution < 1.29 is 14.3 Å². The minimum atomic E-state index is -0.702. The number of hydrogen-bond donors (Lipinski definition) is 1. The molecule has 33 heavy (non-hydrogen) atoms. The molecule has 1 aliphatic heterocycles. The zero-order valence-electron chi connectivity index (χ0n) is 18.4. The summed E-state index contributed by atoms with van der Waals surface area (Å²) >= 11 is 0. The van der Waals surface area contributed by atoms with Gasteiger partial charge in [0.2, 0.25) is 11.9 Å². The Morgan fingerprint density at radius 2 is 1.94 bits per heavy atom. The predicted molar refractivity (Wildman–Crippen MR) is 125 cm³/mol. The minimum Gasteiger partial charge on any atom is -0.495 e. The minimum absolute atomic E-state index is 0.0258. The number of fused-ring (bicyclic) bond motifs is 3. The highest BCUT2D eigenvalue weighted by molar-refractivity contribution is 6.05. The molecule has 0 bridgehead atoms. The Bertz CT molecular complexity index is 1350. The molecule has 2 aromatic heterocycles. The highest BCUT2D eigenvalue weighted by Crippen LogP contribution is 2.37. The Kier molecular flexibility index (Phi) is 5.26. The summed E-state index contributed by atoms with van der Waals surface area (Å²) in [4.78, 5) is 37.2. The van der Waals surface area contributed by atoms with E-state index < -0.39 is 6.04 Å². The van der Waals surface area contributed by atoms with Crippen molar-refractivity contribution in [2.45, 2.75) is 25.9 Å². The predicted octanol–water partition coefficient (Wildman–Crippen LogP) is 3.87. The maximum absolute atomic E-state index is 13.5. The van der Waals surface area contributed by atoms with E-state index in [1.807, 2.05) is 72.2 Å². The van der Waals surface area contributed by atoms with Gasteiger partial charge in [0.15, 0.2) is 0 Å². The molecule has 1 N–H and O–H groups in total. The van der Waals surface area contributed by atoms with Gasteiger partial charge < -0.3 is 10.1 Å². The number of para-hydroxylation sites is 2. The van der Waals surface area contributed by atoms with E-state index in [1.165, 1.54) is 0 Å². The number of nitrogens with zero attached hydrogens (tertiary/aromatic N) is 4. The molecule has 4 aromatic rings. The molecule has 0 radical (unpaired) electrons. The van der Waals surface area contributed by atoms with Crippen LogP contribution in [0.3, 0.4) is 0 Å². The molecule has 1 atom stereocenters. The highest BCUT2D eigenvalue weighted by Gasteiger charge is 2.41. The first-order valence-electron chi connectivity index (χ1n) is 10.7. The van der Waals surface area contributed by atoms with Crippen LogP contribution in [0.5, 0.6) is 5.75 Å². The van der Waals surface area contributed by atoms with E-state index in [0.29, 0.717) is 17.4 Å². The molecule has 0 saturated heterocycles. The van der Waals surface area contributed by atoms with Crippen molar-refractivity contribution >= 4 is 34.5 Å². The van der Waals surface area contributed by atoms with Crippen LogP contribution in [0.1, 0.15) is 23.7 Å². The van der Waals surface area contributed by atoms with Gasteiger partial charge in [-0.25, -0.2) is 4.98 Å². The highest BCUT2D eigenvalue weighted by atomic mass is 16.5. The van der Waals surface area contributed by atoms with E-state index in [2.05, 4.69) is 10.3 Å². The second-order valence-corrected chi connectivity index (χ2v) is 7.99. The molecule has 0 fully saturated rings. The molecule has 5 rings (SSSR count). The lowest BCUT2D eigenvalue weighted by Crippen LogP contribution is -2.31. The Labute approximate surface area is 190 Å². The van der Waals surface area contributed by atoms with Gasteiger partial charge in [-0.1, -0.05) is 24.3 Å². The van der Waals surface area contributed by atoms with Crippen molar-refractivity contribution in [3.8, 4) is 5.75 Å².